The second-order valence-electron chi connectivity index (χ2n) is 2.86. The van der Waals surface area contributed by atoms with Gasteiger partial charge in [0.05, 0.1) is 6.10 Å². The first-order chi connectivity index (χ1) is 5.70. The fourth-order valence-corrected chi connectivity index (χ4v) is 1.57. The highest BCUT2D eigenvalue weighted by molar-refractivity contribution is 7.36. The van der Waals surface area contributed by atoms with Gasteiger partial charge in [0.25, 0.3) is 0 Å². The van der Waals surface area contributed by atoms with Gasteiger partial charge in [0.2, 0.25) is 0 Å². The summed E-state index contributed by atoms with van der Waals surface area (Å²) >= 11 is 0. The van der Waals surface area contributed by atoms with Gasteiger partial charge in [0.15, 0.2) is 0 Å². The fourth-order valence-electron chi connectivity index (χ4n) is 1.08. The molecule has 0 aliphatic carbocycles. The molecule has 0 fully saturated rings. The average Bonchev–Trinajstić information content (AvgIpc) is 2.02. The Morgan fingerprint density at radius 1 is 1.25 bits per heavy atom. The van der Waals surface area contributed by atoms with Gasteiger partial charge in [-0.25, -0.2) is 0 Å². The van der Waals surface area contributed by atoms with Crippen LogP contribution in [0, 0.1) is 0 Å². The van der Waals surface area contributed by atoms with Gasteiger partial charge in [0.1, 0.15) is 0 Å². The van der Waals surface area contributed by atoms with Gasteiger partial charge in [-0.05, 0) is 12.8 Å². The minimum absolute atomic E-state index is 0.0994. The molecule has 0 saturated carbocycles. The molecule has 0 aromatic rings. The monoisotopic (exact) mass is 192 g/mol. The zero-order valence-electron chi connectivity index (χ0n) is 7.78. The third-order valence-electron chi connectivity index (χ3n) is 1.82. The predicted molar refractivity (Wildman–Crippen MR) is 46.2 cm³/mol. The molecule has 0 radical (unpaired) electrons. The lowest BCUT2D eigenvalue weighted by atomic mass is 10.1. The predicted octanol–water partition coefficient (Wildman–Crippen LogP) is 1.31. The molecule has 74 valence electrons. The first-order valence-electron chi connectivity index (χ1n) is 4.51. The van der Waals surface area contributed by atoms with Crippen LogP contribution in [-0.4, -0.2) is 6.10 Å². The van der Waals surface area contributed by atoms with E-state index in [0.29, 0.717) is 0 Å². The normalized spacial score (nSPS) is 13.8. The van der Waals surface area contributed by atoms with E-state index in [4.69, 9.17) is 4.52 Å². The molecular formula is C8H17O3P-2. The molecule has 4 heteroatoms. The Balaban J connectivity index is 3.39. The first kappa shape index (κ1) is 12.3. The van der Waals surface area contributed by atoms with E-state index >= 15 is 0 Å². The van der Waals surface area contributed by atoms with Gasteiger partial charge < -0.3 is 14.3 Å². The van der Waals surface area contributed by atoms with Crippen LogP contribution in [0.4, 0.5) is 0 Å². The van der Waals surface area contributed by atoms with Crippen molar-refractivity contribution in [3.63, 3.8) is 0 Å². The third kappa shape index (κ3) is 6.99. The van der Waals surface area contributed by atoms with Crippen molar-refractivity contribution in [2.24, 2.45) is 0 Å². The molecule has 12 heavy (non-hydrogen) atoms. The van der Waals surface area contributed by atoms with Crippen LogP contribution in [0.3, 0.4) is 0 Å². The van der Waals surface area contributed by atoms with Crippen molar-refractivity contribution in [2.45, 2.75) is 52.1 Å². The van der Waals surface area contributed by atoms with Crippen molar-refractivity contribution < 1.29 is 14.3 Å². The summed E-state index contributed by atoms with van der Waals surface area (Å²) in [5.41, 5.74) is 0. The lowest BCUT2D eigenvalue weighted by molar-refractivity contribution is -0.321. The van der Waals surface area contributed by atoms with Crippen molar-refractivity contribution in [2.75, 3.05) is 0 Å². The fraction of sp³-hybridized carbons (Fsp3) is 1.00. The van der Waals surface area contributed by atoms with E-state index in [1.807, 2.05) is 6.92 Å². The highest BCUT2D eigenvalue weighted by Gasteiger charge is 2.03. The molecule has 0 amide bonds. The van der Waals surface area contributed by atoms with Crippen LogP contribution in [-0.2, 0) is 4.52 Å². The summed E-state index contributed by atoms with van der Waals surface area (Å²) in [7, 11) is -2.67. The minimum atomic E-state index is -2.67. The maximum atomic E-state index is 10.2. The molecule has 0 rings (SSSR count). The van der Waals surface area contributed by atoms with E-state index in [0.717, 1.165) is 32.1 Å². The summed E-state index contributed by atoms with van der Waals surface area (Å²) in [4.78, 5) is 20.4. The molecule has 0 N–H and O–H groups in total. The summed E-state index contributed by atoms with van der Waals surface area (Å²) in [6, 6.07) is 0. The zero-order chi connectivity index (χ0) is 9.40. The Kier molecular flexibility index (Phi) is 8.14. The van der Waals surface area contributed by atoms with Gasteiger partial charge in [-0.2, -0.15) is 8.60 Å². The molecular weight excluding hydrogens is 175 g/mol. The van der Waals surface area contributed by atoms with Gasteiger partial charge in [0, 0.05) is 0 Å². The lowest BCUT2D eigenvalue weighted by Gasteiger charge is -2.34. The highest BCUT2D eigenvalue weighted by Crippen LogP contribution is 2.22. The Hall–Kier alpha value is 0.310. The molecule has 0 aromatic carbocycles. The quantitative estimate of drug-likeness (QED) is 0.451. The van der Waals surface area contributed by atoms with Gasteiger partial charge >= 0.3 is 0 Å². The summed E-state index contributed by atoms with van der Waals surface area (Å²) in [6.45, 7) is 4.06. The lowest BCUT2D eigenvalue weighted by Crippen LogP contribution is -2.18. The van der Waals surface area contributed by atoms with Gasteiger partial charge in [-0.15, -0.1) is 0 Å². The average molecular weight is 192 g/mol. The summed E-state index contributed by atoms with van der Waals surface area (Å²) in [5.74, 6) is 0. The number of unbranched alkanes of at least 4 members (excludes halogenated alkanes) is 2. The Bertz CT molecular complexity index is 98.3. The second kappa shape index (κ2) is 7.93. The summed E-state index contributed by atoms with van der Waals surface area (Å²) < 4.78 is 4.70. The third-order valence-corrected chi connectivity index (χ3v) is 2.29. The zero-order valence-corrected chi connectivity index (χ0v) is 8.68. The minimum Gasteiger partial charge on any atom is -0.820 e. The van der Waals surface area contributed by atoms with E-state index < -0.39 is 8.60 Å². The molecule has 0 heterocycles. The Morgan fingerprint density at radius 3 is 2.33 bits per heavy atom. The van der Waals surface area contributed by atoms with Crippen molar-refractivity contribution >= 4 is 8.60 Å². The molecule has 0 bridgehead atoms. The van der Waals surface area contributed by atoms with E-state index in [1.165, 1.54) is 0 Å². The Morgan fingerprint density at radius 2 is 1.92 bits per heavy atom. The molecule has 0 spiro atoms. The standard InChI is InChI=1S/C8H17O3P/c1-3-5-6-7-8(4-2)11-12(9)10/h8H,3-7H2,1-2H3/q-2. The second-order valence-corrected chi connectivity index (χ2v) is 3.51. The van der Waals surface area contributed by atoms with Crippen molar-refractivity contribution in [3.05, 3.63) is 0 Å². The van der Waals surface area contributed by atoms with Crippen LogP contribution < -0.4 is 9.79 Å². The van der Waals surface area contributed by atoms with Crippen molar-refractivity contribution in [1.82, 2.24) is 0 Å². The van der Waals surface area contributed by atoms with Crippen LogP contribution in [0.5, 0.6) is 0 Å². The first-order valence-corrected chi connectivity index (χ1v) is 5.61. The largest absolute Gasteiger partial charge is 0.820 e. The van der Waals surface area contributed by atoms with Crippen LogP contribution >= 0.6 is 8.60 Å². The van der Waals surface area contributed by atoms with Gasteiger partial charge in [-0.3, -0.25) is 0 Å². The van der Waals surface area contributed by atoms with E-state index in [1.54, 1.807) is 0 Å². The SMILES string of the molecule is CCCCCC(CC)OP([O-])[O-]. The number of rotatable bonds is 7. The van der Waals surface area contributed by atoms with Crippen LogP contribution in [0.15, 0.2) is 0 Å². The smallest absolute Gasteiger partial charge is 0.0582 e. The molecule has 0 aliphatic rings. The van der Waals surface area contributed by atoms with E-state index in [-0.39, 0.29) is 6.10 Å². The topological polar surface area (TPSA) is 55.3 Å². The Labute approximate surface area is 75.8 Å². The van der Waals surface area contributed by atoms with Crippen LogP contribution in [0.25, 0.3) is 0 Å². The van der Waals surface area contributed by atoms with Crippen molar-refractivity contribution in [1.29, 1.82) is 0 Å². The summed E-state index contributed by atoms with van der Waals surface area (Å²) in [6.07, 6.45) is 4.88. The number of hydrogen-bond donors (Lipinski definition) is 0. The molecule has 3 nitrogen and oxygen atoms in total. The van der Waals surface area contributed by atoms with Crippen molar-refractivity contribution in [3.8, 4) is 0 Å². The molecule has 0 aliphatic heterocycles. The van der Waals surface area contributed by atoms with E-state index in [2.05, 4.69) is 6.92 Å². The molecule has 1 unspecified atom stereocenters. The van der Waals surface area contributed by atoms with Crippen LogP contribution in [0.1, 0.15) is 46.0 Å². The number of hydrogen-bond acceptors (Lipinski definition) is 3. The maximum absolute atomic E-state index is 10.2. The van der Waals surface area contributed by atoms with Crippen LogP contribution in [0.2, 0.25) is 0 Å². The highest BCUT2D eigenvalue weighted by atomic mass is 31.2. The molecule has 0 aromatic heterocycles. The van der Waals surface area contributed by atoms with Gasteiger partial charge in [-0.1, -0.05) is 33.1 Å². The molecule has 0 saturated heterocycles. The van der Waals surface area contributed by atoms with E-state index in [9.17, 15) is 9.79 Å². The maximum Gasteiger partial charge on any atom is 0.0582 e. The molecule has 1 atom stereocenters. The summed E-state index contributed by atoms with van der Waals surface area (Å²) in [5, 5.41) is 0.